The quantitative estimate of drug-likeness (QED) is 0.777. The first-order chi connectivity index (χ1) is 9.40. The number of alkyl halides is 3. The van der Waals surface area contributed by atoms with E-state index in [0.717, 1.165) is 17.8 Å². The Balaban J connectivity index is 2.39. The number of nitrogens with zero attached hydrogens (tertiary/aromatic N) is 2. The molecular formula is C13H6F4N2S. The molecule has 0 aliphatic heterocycles. The lowest BCUT2D eigenvalue weighted by Crippen LogP contribution is -2.06. The Morgan fingerprint density at radius 3 is 2.35 bits per heavy atom. The highest BCUT2D eigenvalue weighted by Gasteiger charge is 2.31. The van der Waals surface area contributed by atoms with Gasteiger partial charge in [0.05, 0.1) is 5.56 Å². The molecule has 0 aliphatic rings. The van der Waals surface area contributed by atoms with Crippen molar-refractivity contribution in [2.75, 3.05) is 0 Å². The minimum atomic E-state index is -4.53. The van der Waals surface area contributed by atoms with Crippen LogP contribution in [0.5, 0.6) is 0 Å². The molecule has 0 saturated carbocycles. The van der Waals surface area contributed by atoms with Crippen molar-refractivity contribution in [1.82, 2.24) is 4.98 Å². The van der Waals surface area contributed by atoms with Gasteiger partial charge in [-0.3, -0.25) is 0 Å². The summed E-state index contributed by atoms with van der Waals surface area (Å²) in [6.07, 6.45) is -3.91. The second kappa shape index (κ2) is 5.51. The summed E-state index contributed by atoms with van der Waals surface area (Å²) in [6.45, 7) is 0. The Hall–Kier alpha value is -2.07. The Morgan fingerprint density at radius 1 is 1.15 bits per heavy atom. The molecule has 2 aromatic rings. The van der Waals surface area contributed by atoms with Gasteiger partial charge in [-0.1, -0.05) is 11.8 Å². The van der Waals surface area contributed by atoms with Crippen molar-refractivity contribution in [3.05, 3.63) is 53.6 Å². The van der Waals surface area contributed by atoms with Gasteiger partial charge in [0.25, 0.3) is 0 Å². The van der Waals surface area contributed by atoms with E-state index in [1.165, 1.54) is 24.3 Å². The number of hydrogen-bond donors (Lipinski definition) is 0. The van der Waals surface area contributed by atoms with Crippen molar-refractivity contribution in [1.29, 1.82) is 5.26 Å². The Labute approximate surface area is 116 Å². The zero-order valence-corrected chi connectivity index (χ0v) is 10.6. The van der Waals surface area contributed by atoms with Crippen LogP contribution in [0.4, 0.5) is 17.6 Å². The summed E-state index contributed by atoms with van der Waals surface area (Å²) in [4.78, 5) is 4.10. The van der Waals surface area contributed by atoms with Crippen molar-refractivity contribution >= 4 is 11.8 Å². The predicted octanol–water partition coefficient (Wildman–Crippen LogP) is 4.26. The molecule has 0 amide bonds. The minimum absolute atomic E-state index is 0.0777. The number of nitriles is 1. The lowest BCUT2D eigenvalue weighted by atomic mass is 10.2. The van der Waals surface area contributed by atoms with E-state index in [4.69, 9.17) is 5.26 Å². The number of hydrogen-bond acceptors (Lipinski definition) is 3. The molecule has 0 fully saturated rings. The van der Waals surface area contributed by atoms with Crippen molar-refractivity contribution in [2.45, 2.75) is 16.0 Å². The van der Waals surface area contributed by atoms with Crippen molar-refractivity contribution in [2.24, 2.45) is 0 Å². The Morgan fingerprint density at radius 2 is 1.80 bits per heavy atom. The smallest absolute Gasteiger partial charge is 0.244 e. The van der Waals surface area contributed by atoms with Crippen LogP contribution in [0, 0.1) is 17.1 Å². The average Bonchev–Trinajstić information content (AvgIpc) is 2.40. The molecule has 102 valence electrons. The highest BCUT2D eigenvalue weighted by molar-refractivity contribution is 7.99. The van der Waals surface area contributed by atoms with Crippen LogP contribution in [0.3, 0.4) is 0 Å². The maximum Gasteiger partial charge on any atom is 0.417 e. The van der Waals surface area contributed by atoms with Gasteiger partial charge in [-0.05, 0) is 30.3 Å². The normalized spacial score (nSPS) is 11.2. The molecule has 0 N–H and O–H groups in total. The molecule has 1 aromatic heterocycles. The number of benzene rings is 1. The summed E-state index contributed by atoms with van der Waals surface area (Å²) >= 11 is 0.926. The van der Waals surface area contributed by atoms with Gasteiger partial charge in [-0.25, -0.2) is 9.37 Å². The molecule has 2 nitrogen and oxygen atoms in total. The molecule has 0 spiro atoms. The molecule has 0 radical (unpaired) electrons. The van der Waals surface area contributed by atoms with E-state index in [9.17, 15) is 17.6 Å². The average molecular weight is 298 g/mol. The third-order valence-corrected chi connectivity index (χ3v) is 3.37. The molecular weight excluding hydrogens is 292 g/mol. The SMILES string of the molecule is N#Cc1ncc(C(F)(F)F)cc1Sc1ccc(F)cc1. The fourth-order valence-electron chi connectivity index (χ4n) is 1.39. The molecule has 0 atom stereocenters. The Kier molecular flexibility index (Phi) is 3.95. The third kappa shape index (κ3) is 3.27. The molecule has 2 rings (SSSR count). The maximum atomic E-state index is 12.8. The summed E-state index contributed by atoms with van der Waals surface area (Å²) in [6, 6.07) is 7.81. The van der Waals surface area contributed by atoms with Crippen LogP contribution >= 0.6 is 11.8 Å². The van der Waals surface area contributed by atoms with Crippen LogP contribution in [0.2, 0.25) is 0 Å². The first-order valence-corrected chi connectivity index (χ1v) is 6.12. The van der Waals surface area contributed by atoms with Gasteiger partial charge in [-0.2, -0.15) is 18.4 Å². The van der Waals surface area contributed by atoms with E-state index in [1.54, 1.807) is 6.07 Å². The number of rotatable bonds is 2. The number of aromatic nitrogens is 1. The van der Waals surface area contributed by atoms with Gasteiger partial charge >= 0.3 is 6.18 Å². The monoisotopic (exact) mass is 298 g/mol. The van der Waals surface area contributed by atoms with Crippen molar-refractivity contribution in [3.63, 3.8) is 0 Å². The molecule has 1 heterocycles. The topological polar surface area (TPSA) is 36.7 Å². The van der Waals surface area contributed by atoms with E-state index in [2.05, 4.69) is 4.98 Å². The van der Waals surface area contributed by atoms with Gasteiger partial charge in [0, 0.05) is 16.0 Å². The molecule has 0 unspecified atom stereocenters. The van der Waals surface area contributed by atoms with Crippen LogP contribution in [0.25, 0.3) is 0 Å². The summed E-state index contributed by atoms with van der Waals surface area (Å²) in [5.74, 6) is -0.447. The van der Waals surface area contributed by atoms with Crippen LogP contribution in [0.1, 0.15) is 11.3 Å². The van der Waals surface area contributed by atoms with E-state index in [0.29, 0.717) is 11.1 Å². The first-order valence-electron chi connectivity index (χ1n) is 5.31. The maximum absolute atomic E-state index is 12.8. The van der Waals surface area contributed by atoms with Crippen molar-refractivity contribution < 1.29 is 17.6 Å². The van der Waals surface area contributed by atoms with Crippen LogP contribution in [-0.4, -0.2) is 4.98 Å². The second-order valence-electron chi connectivity index (χ2n) is 3.74. The van der Waals surface area contributed by atoms with E-state index < -0.39 is 17.6 Å². The zero-order valence-electron chi connectivity index (χ0n) is 9.78. The fourth-order valence-corrected chi connectivity index (χ4v) is 2.30. The minimum Gasteiger partial charge on any atom is -0.244 e. The first kappa shape index (κ1) is 14.3. The predicted molar refractivity (Wildman–Crippen MR) is 64.5 cm³/mol. The molecule has 0 saturated heterocycles. The van der Waals surface area contributed by atoms with Gasteiger partial charge < -0.3 is 0 Å². The molecule has 0 bridgehead atoms. The van der Waals surface area contributed by atoms with E-state index in [-0.39, 0.29) is 10.6 Å². The highest BCUT2D eigenvalue weighted by Crippen LogP contribution is 2.35. The summed E-state index contributed by atoms with van der Waals surface area (Å²) < 4.78 is 50.6. The largest absolute Gasteiger partial charge is 0.417 e. The second-order valence-corrected chi connectivity index (χ2v) is 4.85. The number of pyridine rings is 1. The zero-order chi connectivity index (χ0) is 14.8. The van der Waals surface area contributed by atoms with Crippen LogP contribution in [0.15, 0.2) is 46.3 Å². The number of halogens is 4. The van der Waals surface area contributed by atoms with Crippen LogP contribution in [-0.2, 0) is 6.18 Å². The summed E-state index contributed by atoms with van der Waals surface area (Å²) in [5.41, 5.74) is -1.03. The third-order valence-electron chi connectivity index (χ3n) is 2.33. The molecule has 0 aliphatic carbocycles. The van der Waals surface area contributed by atoms with Gasteiger partial charge in [0.15, 0.2) is 5.69 Å². The molecule has 1 aromatic carbocycles. The summed E-state index contributed by atoms with van der Waals surface area (Å²) in [7, 11) is 0. The van der Waals surface area contributed by atoms with E-state index >= 15 is 0 Å². The van der Waals surface area contributed by atoms with Gasteiger partial charge in [0.1, 0.15) is 11.9 Å². The lowest BCUT2D eigenvalue weighted by Gasteiger charge is -2.09. The molecule has 7 heteroatoms. The van der Waals surface area contributed by atoms with Crippen molar-refractivity contribution in [3.8, 4) is 6.07 Å². The highest BCUT2D eigenvalue weighted by atomic mass is 32.2. The molecule has 20 heavy (non-hydrogen) atoms. The standard InChI is InChI=1S/C13H6F4N2S/c14-9-1-3-10(4-2-9)20-12-5-8(13(15,16)17)7-19-11(12)6-18/h1-5,7H. The summed E-state index contributed by atoms with van der Waals surface area (Å²) in [5, 5.41) is 8.87. The van der Waals surface area contributed by atoms with E-state index in [1.807, 2.05) is 0 Å². The van der Waals surface area contributed by atoms with Crippen LogP contribution < -0.4 is 0 Å². The lowest BCUT2D eigenvalue weighted by molar-refractivity contribution is -0.138. The van der Waals surface area contributed by atoms with Gasteiger partial charge in [-0.15, -0.1) is 0 Å². The Bertz CT molecular complexity index is 660. The fraction of sp³-hybridized carbons (Fsp3) is 0.0769. The van der Waals surface area contributed by atoms with Gasteiger partial charge in [0.2, 0.25) is 0 Å².